The van der Waals surface area contributed by atoms with E-state index in [1.165, 1.54) is 0 Å². The van der Waals surface area contributed by atoms with E-state index in [0.717, 1.165) is 62.0 Å². The van der Waals surface area contributed by atoms with Crippen LogP contribution in [0.2, 0.25) is 0 Å². The van der Waals surface area contributed by atoms with Crippen molar-refractivity contribution in [3.05, 3.63) is 58.2 Å². The molecule has 7 rings (SSSR count). The number of fused-ring (bicyclic) bond motifs is 2. The smallest absolute Gasteiger partial charge is 0.266 e. The average Bonchev–Trinajstić information content (AvgIpc) is 3.81. The number of imide groups is 2. The Morgan fingerprint density at radius 1 is 0.983 bits per heavy atom. The highest BCUT2D eigenvalue weighted by molar-refractivity contribution is 9.10. The maximum atomic E-state index is 13.2. The summed E-state index contributed by atoms with van der Waals surface area (Å²) in [7, 11) is 0. The van der Waals surface area contributed by atoms with E-state index in [-0.39, 0.29) is 42.7 Å². The maximum Gasteiger partial charge on any atom is 0.266 e. The second kappa shape index (κ2) is 19.8. The Morgan fingerprint density at radius 3 is 2.58 bits per heavy atom. The van der Waals surface area contributed by atoms with Crippen LogP contribution in [-0.2, 0) is 25.7 Å². The van der Waals surface area contributed by atoms with Gasteiger partial charge in [-0.1, -0.05) is 37.8 Å². The molecule has 0 bridgehead atoms. The molecule has 0 spiro atoms. The van der Waals surface area contributed by atoms with Gasteiger partial charge in [0.25, 0.3) is 11.8 Å². The number of hydrogen-bond donors (Lipinski definition) is 4. The van der Waals surface area contributed by atoms with Crippen molar-refractivity contribution in [2.24, 2.45) is 0 Å². The van der Waals surface area contributed by atoms with Gasteiger partial charge in [0.1, 0.15) is 23.4 Å². The normalized spacial score (nSPS) is 18.4. The highest BCUT2D eigenvalue weighted by Gasteiger charge is 2.46. The number of benzene rings is 2. The number of anilines is 3. The van der Waals surface area contributed by atoms with Crippen LogP contribution < -0.4 is 35.5 Å². The Hall–Kier alpha value is -4.98. The van der Waals surface area contributed by atoms with Crippen LogP contribution in [0.25, 0.3) is 0 Å². The van der Waals surface area contributed by atoms with Crippen molar-refractivity contribution >= 4 is 74.3 Å². The number of nitrogens with one attached hydrogen (secondary N) is 4. The summed E-state index contributed by atoms with van der Waals surface area (Å²) >= 11 is 2.32. The lowest BCUT2D eigenvalue weighted by atomic mass is 10.0. The van der Waals surface area contributed by atoms with E-state index < -0.39 is 41.0 Å². The molecule has 59 heavy (non-hydrogen) atoms. The molecule has 0 saturated carbocycles. The van der Waals surface area contributed by atoms with Crippen LogP contribution >= 0.6 is 15.9 Å². The van der Waals surface area contributed by atoms with Gasteiger partial charge in [-0.15, -0.1) is 4.31 Å². The number of carbonyl (C=O) groups is 5. The maximum absolute atomic E-state index is 13.2. The van der Waals surface area contributed by atoms with Crippen LogP contribution in [0, 0.1) is 0 Å². The van der Waals surface area contributed by atoms with Crippen LogP contribution in [0.15, 0.2) is 47.1 Å². The summed E-state index contributed by atoms with van der Waals surface area (Å²) in [6, 6.07) is 9.54. The van der Waals surface area contributed by atoms with Crippen LogP contribution in [0.3, 0.4) is 0 Å². The first kappa shape index (κ1) is 42.2. The van der Waals surface area contributed by atoms with E-state index in [4.69, 9.17) is 14.2 Å². The molecule has 19 heteroatoms. The minimum absolute atomic E-state index is 0.0428. The van der Waals surface area contributed by atoms with Gasteiger partial charge < -0.3 is 34.7 Å². The van der Waals surface area contributed by atoms with Crippen molar-refractivity contribution in [2.75, 3.05) is 49.4 Å². The van der Waals surface area contributed by atoms with Gasteiger partial charge in [-0.3, -0.25) is 34.2 Å². The van der Waals surface area contributed by atoms with E-state index in [2.05, 4.69) is 47.2 Å². The highest BCUT2D eigenvalue weighted by Crippen LogP contribution is 2.41. The van der Waals surface area contributed by atoms with Gasteiger partial charge >= 0.3 is 0 Å². The molecule has 0 radical (unpaired) electrons. The third-order valence-electron chi connectivity index (χ3n) is 10.6. The number of ether oxygens (including phenoxy) is 3. The predicted molar refractivity (Wildman–Crippen MR) is 221 cm³/mol. The molecule has 2 unspecified atom stereocenters. The molecule has 2 saturated heterocycles. The topological polar surface area (TPSA) is 216 Å². The number of rotatable bonds is 19. The Morgan fingerprint density at radius 2 is 1.76 bits per heavy atom. The molecule has 5 heterocycles. The number of para-hydroxylation sites is 1. The standard InChI is InChI=1S/C40H47BrN8O9S/c41-27-23-43-40(47-36(27)45-28-10-8-12-31-35(28)58-24-57-31)44-25-16-19-48(20-17-25)59(55)22-18-42-32(50)13-5-3-1-2-4-6-21-56-30-11-7-9-26-34(30)39(54)49(38(26)53)29-14-15-33(51)46-37(29)52/h7-12,23,25,29H,1-6,13-22,24H2,(H,42,50)(H,46,51,52)(H2,43,44,45,47). The van der Waals surface area contributed by atoms with Crippen LogP contribution in [-0.4, -0.2) is 104 Å². The Bertz CT molecular complexity index is 2050. The first-order valence-electron chi connectivity index (χ1n) is 20.0. The molecular formula is C40H47BrN8O9S. The number of halogens is 1. The van der Waals surface area contributed by atoms with Crippen molar-refractivity contribution in [1.29, 1.82) is 0 Å². The molecule has 17 nitrogen and oxygen atoms in total. The van der Waals surface area contributed by atoms with Gasteiger partial charge in [0.2, 0.25) is 30.5 Å². The van der Waals surface area contributed by atoms with Crippen molar-refractivity contribution in [3.63, 3.8) is 0 Å². The number of hydrogen-bond acceptors (Lipinski definition) is 14. The average molecular weight is 896 g/mol. The summed E-state index contributed by atoms with van der Waals surface area (Å²) in [5.41, 5.74) is 1.08. The largest absolute Gasteiger partial charge is 0.598 e. The van der Waals surface area contributed by atoms with Crippen LogP contribution in [0.5, 0.6) is 17.2 Å². The quantitative estimate of drug-likeness (QED) is 0.0737. The Labute approximate surface area is 353 Å². The fraction of sp³-hybridized carbons (Fsp3) is 0.475. The molecule has 5 amide bonds. The number of piperidine rings is 2. The zero-order chi connectivity index (χ0) is 41.3. The first-order chi connectivity index (χ1) is 28.7. The summed E-state index contributed by atoms with van der Waals surface area (Å²) in [6.07, 6.45) is 9.04. The van der Waals surface area contributed by atoms with E-state index >= 15 is 0 Å². The number of amides is 5. The summed E-state index contributed by atoms with van der Waals surface area (Å²) in [5.74, 6) is 0.786. The molecule has 4 N–H and O–H groups in total. The molecule has 3 aromatic rings. The van der Waals surface area contributed by atoms with E-state index in [0.29, 0.717) is 71.9 Å². The number of carbonyl (C=O) groups excluding carboxylic acids is 5. The lowest BCUT2D eigenvalue weighted by molar-refractivity contribution is -0.136. The number of unbranched alkanes of at least 4 members (excludes halogenated alkanes) is 5. The van der Waals surface area contributed by atoms with Crippen LogP contribution in [0.4, 0.5) is 17.5 Å². The molecular weight excluding hydrogens is 848 g/mol. The van der Waals surface area contributed by atoms with Gasteiger partial charge in [0, 0.05) is 49.5 Å². The Balaban J connectivity index is 0.721. The summed E-state index contributed by atoms with van der Waals surface area (Å²) in [4.78, 5) is 72.6. The molecule has 2 aromatic carbocycles. The molecule has 314 valence electrons. The summed E-state index contributed by atoms with van der Waals surface area (Å²) in [6.45, 7) is 2.19. The second-order valence-electron chi connectivity index (χ2n) is 14.6. The third kappa shape index (κ3) is 10.4. The molecule has 0 aliphatic carbocycles. The van der Waals surface area contributed by atoms with Gasteiger partial charge in [0.15, 0.2) is 11.5 Å². The Kier molecular flexibility index (Phi) is 14.2. The predicted octanol–water partition coefficient (Wildman–Crippen LogP) is 4.58. The van der Waals surface area contributed by atoms with Crippen molar-refractivity contribution < 1.29 is 42.7 Å². The highest BCUT2D eigenvalue weighted by atomic mass is 79.9. The molecule has 1 aromatic heterocycles. The lowest BCUT2D eigenvalue weighted by Crippen LogP contribution is -2.54. The van der Waals surface area contributed by atoms with Crippen molar-refractivity contribution in [3.8, 4) is 17.2 Å². The first-order valence-corrected chi connectivity index (χ1v) is 22.1. The minimum Gasteiger partial charge on any atom is -0.598 e. The van der Waals surface area contributed by atoms with E-state index in [1.807, 2.05) is 22.5 Å². The lowest BCUT2D eigenvalue weighted by Gasteiger charge is -2.32. The zero-order valence-corrected chi connectivity index (χ0v) is 34.9. The van der Waals surface area contributed by atoms with Gasteiger partial charge in [0.05, 0.1) is 34.4 Å². The third-order valence-corrected chi connectivity index (χ3v) is 12.6. The van der Waals surface area contributed by atoms with Gasteiger partial charge in [-0.05, 0) is 72.3 Å². The van der Waals surface area contributed by atoms with E-state index in [1.54, 1.807) is 24.4 Å². The summed E-state index contributed by atoms with van der Waals surface area (Å²) < 4.78 is 32.6. The van der Waals surface area contributed by atoms with Crippen LogP contribution in [0.1, 0.15) is 91.3 Å². The monoisotopic (exact) mass is 894 g/mol. The fourth-order valence-corrected chi connectivity index (χ4v) is 8.89. The number of aromatic nitrogens is 2. The molecule has 4 aliphatic heterocycles. The molecule has 4 aliphatic rings. The van der Waals surface area contributed by atoms with Gasteiger partial charge in [-0.25, -0.2) is 4.98 Å². The minimum atomic E-state index is -1.20. The van der Waals surface area contributed by atoms with Crippen molar-refractivity contribution in [2.45, 2.75) is 82.7 Å². The molecule has 2 atom stereocenters. The second-order valence-corrected chi connectivity index (χ2v) is 17.0. The van der Waals surface area contributed by atoms with Crippen molar-refractivity contribution in [1.82, 2.24) is 29.8 Å². The zero-order valence-electron chi connectivity index (χ0n) is 32.5. The fourth-order valence-electron chi connectivity index (χ4n) is 7.44. The van der Waals surface area contributed by atoms with E-state index in [9.17, 15) is 28.5 Å². The number of nitrogens with zero attached hydrogens (tertiary/aromatic N) is 4. The SMILES string of the molecule is O=C(CCCCCCCCOc1cccc2c1C(=O)N(C1CCC(=O)NC1=O)C2=O)NCC[S+]([O-])N1CCC(Nc2ncc(Br)c(Nc3cccc4c3OCO4)n2)CC1. The molecule has 2 fully saturated rings. The summed E-state index contributed by atoms with van der Waals surface area (Å²) in [5, 5.41) is 11.8. The van der Waals surface area contributed by atoms with Gasteiger partial charge in [-0.2, -0.15) is 4.98 Å².